The van der Waals surface area contributed by atoms with Crippen LogP contribution in [0.15, 0.2) is 72.9 Å². The Balaban J connectivity index is 0.000000242. The number of hydrogen-bond donors (Lipinski definition) is 5. The third kappa shape index (κ3) is 18.3. The van der Waals surface area contributed by atoms with Gasteiger partial charge in [0.2, 0.25) is 11.8 Å². The zero-order chi connectivity index (χ0) is 67.3. The smallest absolute Gasteiger partial charge is 0.410 e. The third-order valence-electron chi connectivity index (χ3n) is 15.9. The number of pyridine rings is 2. The number of piperazine rings is 2. The van der Waals surface area contributed by atoms with Crippen LogP contribution in [0.4, 0.5) is 30.8 Å². The molecule has 7 heterocycles. The molecule has 504 valence electrons. The highest BCUT2D eigenvalue weighted by atomic mass is 16.6. The molecular weight excluding hydrogens is 1200 g/mol. The first-order chi connectivity index (χ1) is 44.3. The van der Waals surface area contributed by atoms with Gasteiger partial charge in [0.05, 0.1) is 57.4 Å². The summed E-state index contributed by atoms with van der Waals surface area (Å²) in [5, 5.41) is 42.4. The lowest BCUT2D eigenvalue weighted by Gasteiger charge is -2.40. The van der Waals surface area contributed by atoms with Crippen LogP contribution < -0.4 is 34.6 Å². The molecular formula is C65H88N12O16. The molecule has 9 rings (SSSR count). The van der Waals surface area contributed by atoms with Crippen LogP contribution in [0.25, 0.3) is 0 Å². The van der Waals surface area contributed by atoms with Gasteiger partial charge < -0.3 is 78.7 Å². The number of amides is 6. The van der Waals surface area contributed by atoms with Crippen molar-refractivity contribution in [3.63, 3.8) is 0 Å². The number of phenolic OH excluding ortho intramolecular Hbond substituents is 1. The van der Waals surface area contributed by atoms with E-state index in [4.69, 9.17) is 33.2 Å². The summed E-state index contributed by atoms with van der Waals surface area (Å²) in [7, 11) is 4.56. The van der Waals surface area contributed by atoms with Crippen LogP contribution in [0.3, 0.4) is 0 Å². The summed E-state index contributed by atoms with van der Waals surface area (Å²) in [6.07, 6.45) is -1.77. The molecule has 2 saturated heterocycles. The second-order valence-corrected chi connectivity index (χ2v) is 24.7. The zero-order valence-corrected chi connectivity index (χ0v) is 54.9. The van der Waals surface area contributed by atoms with Crippen LogP contribution in [-0.2, 0) is 58.5 Å². The molecule has 0 saturated carbocycles. The summed E-state index contributed by atoms with van der Waals surface area (Å²) in [6.45, 7) is 19.3. The van der Waals surface area contributed by atoms with Gasteiger partial charge in [-0.05, 0) is 145 Å². The SMILES string of the molecule is CCOc1nc(N2CCN(C(=O)OC)CC2)ccc1C(=O)NC[C@@H](O)[C@@H]1Cc2ccc(O)cc2CN1C(=O)OC(C)(C)C.CCOc1nc(N2CCN(C(=O)OC)CC2)ccc1C(=O)NC[C@@H](O)[C@@H]1Cc2ccc(OCc3ccnn3C)cc2CN1C(=O)OC(C)(C)C. The molecule has 28 heteroatoms. The number of aromatic nitrogens is 4. The van der Waals surface area contributed by atoms with Gasteiger partial charge in [0.25, 0.3) is 11.8 Å². The standard InChI is InChI=1S/C35H47N7O8.C30H41N5O8/c1-7-48-32-27(10-11-30(38-32)40-14-16-41(17-15-40)33(45)47-6)31(44)36-20-29(43)28-19-23-8-9-26(49-22-25-12-13-37-39(25)5)18-24(23)21-42(28)34(46)50-35(2,3)4;1-6-42-27-22(9-10-25(32-27)33-11-13-34(14-12-33)28(39)41-5)26(38)31-17-24(37)23-16-19-7-8-21(36)15-20(19)18-35(23)29(40)43-30(2,3)4/h8-13,18,28-29,43H,7,14-17,19-22H2,1-6H3,(H,36,44);7-10,15,23-24,36-37H,6,11-14,16-18H2,1-5H3,(H,31,38)/t28-,29+;23-,24+/m00/s1. The van der Waals surface area contributed by atoms with Crippen LogP contribution in [0, 0.1) is 0 Å². The van der Waals surface area contributed by atoms with Crippen molar-refractivity contribution in [2.45, 2.75) is 123 Å². The minimum absolute atomic E-state index is 0.0855. The number of anilines is 2. The Hall–Kier alpha value is -9.31. The van der Waals surface area contributed by atoms with Gasteiger partial charge in [0.15, 0.2) is 0 Å². The van der Waals surface area contributed by atoms with Gasteiger partial charge in [-0.25, -0.2) is 19.2 Å². The minimum atomic E-state index is -1.12. The van der Waals surface area contributed by atoms with E-state index in [1.165, 1.54) is 24.0 Å². The fourth-order valence-corrected chi connectivity index (χ4v) is 11.1. The number of fused-ring (bicyclic) bond motifs is 2. The molecule has 5 N–H and O–H groups in total. The largest absolute Gasteiger partial charge is 0.508 e. The highest BCUT2D eigenvalue weighted by molar-refractivity contribution is 5.97. The fourth-order valence-electron chi connectivity index (χ4n) is 11.1. The van der Waals surface area contributed by atoms with Crippen molar-refractivity contribution in [3.8, 4) is 23.3 Å². The predicted octanol–water partition coefficient (Wildman–Crippen LogP) is 5.66. The van der Waals surface area contributed by atoms with E-state index in [0.29, 0.717) is 89.2 Å². The van der Waals surface area contributed by atoms with Crippen molar-refractivity contribution < 1.29 is 77.2 Å². The number of benzene rings is 2. The monoisotopic (exact) mass is 1290 g/mol. The molecule has 4 aliphatic heterocycles. The van der Waals surface area contributed by atoms with Crippen LogP contribution in [0.1, 0.15) is 104 Å². The lowest BCUT2D eigenvalue weighted by molar-refractivity contribution is -0.0118. The lowest BCUT2D eigenvalue weighted by atomic mass is 9.91. The maximum Gasteiger partial charge on any atom is 0.410 e. The molecule has 0 unspecified atom stereocenters. The van der Waals surface area contributed by atoms with Gasteiger partial charge in [-0.15, -0.1) is 0 Å². The van der Waals surface area contributed by atoms with Crippen molar-refractivity contribution in [2.75, 3.05) is 103 Å². The van der Waals surface area contributed by atoms with E-state index in [9.17, 15) is 44.1 Å². The maximum absolute atomic E-state index is 13.5. The van der Waals surface area contributed by atoms with Gasteiger partial charge in [0, 0.05) is 91.8 Å². The minimum Gasteiger partial charge on any atom is -0.508 e. The Morgan fingerprint density at radius 2 is 1.01 bits per heavy atom. The quantitative estimate of drug-likeness (QED) is 0.0701. The first-order valence-corrected chi connectivity index (χ1v) is 31.1. The normalized spacial score (nSPS) is 17.1. The number of carbonyl (C=O) groups is 6. The number of aliphatic hydroxyl groups is 2. The number of hydrogen-bond acceptors (Lipinski definition) is 21. The van der Waals surface area contributed by atoms with Crippen molar-refractivity contribution in [2.24, 2.45) is 7.05 Å². The molecule has 6 amide bonds. The number of nitrogens with one attached hydrogen (secondary N) is 2. The Labute approximate surface area is 541 Å². The second-order valence-electron chi connectivity index (χ2n) is 24.7. The average Bonchev–Trinajstić information content (AvgIpc) is 1.27. The number of phenols is 1. The summed E-state index contributed by atoms with van der Waals surface area (Å²) in [6, 6.07) is 17.9. The van der Waals surface area contributed by atoms with Gasteiger partial charge in [-0.1, -0.05) is 12.1 Å². The molecule has 5 aromatic rings. The first-order valence-electron chi connectivity index (χ1n) is 31.1. The average molecular weight is 1290 g/mol. The van der Waals surface area contributed by atoms with E-state index >= 15 is 0 Å². The molecule has 0 bridgehead atoms. The van der Waals surface area contributed by atoms with E-state index in [2.05, 4.69) is 25.7 Å². The number of carbonyl (C=O) groups excluding carboxylic acids is 6. The van der Waals surface area contributed by atoms with E-state index in [1.807, 2.05) is 41.1 Å². The molecule has 4 atom stereocenters. The second kappa shape index (κ2) is 30.9. The first kappa shape index (κ1) is 69.6. The Bertz CT molecular complexity index is 3430. The van der Waals surface area contributed by atoms with Crippen molar-refractivity contribution in [1.29, 1.82) is 0 Å². The molecule has 28 nitrogen and oxygen atoms in total. The Morgan fingerprint density at radius 1 is 0.570 bits per heavy atom. The molecule has 0 radical (unpaired) electrons. The number of aryl methyl sites for hydroxylation is 1. The third-order valence-corrected chi connectivity index (χ3v) is 15.9. The fraction of sp³-hybridized carbons (Fsp3) is 0.523. The molecule has 2 aromatic carbocycles. The summed E-state index contributed by atoms with van der Waals surface area (Å²) in [5.41, 5.74) is 3.33. The van der Waals surface area contributed by atoms with Crippen LogP contribution in [0.5, 0.6) is 23.3 Å². The number of methoxy groups -OCH3 is 2. The van der Waals surface area contributed by atoms with E-state index in [-0.39, 0.29) is 80.2 Å². The molecule has 4 aliphatic rings. The predicted molar refractivity (Wildman–Crippen MR) is 341 cm³/mol. The lowest BCUT2D eigenvalue weighted by Crippen LogP contribution is -2.54. The maximum atomic E-state index is 13.5. The van der Waals surface area contributed by atoms with E-state index in [1.54, 1.807) is 119 Å². The Morgan fingerprint density at radius 3 is 1.42 bits per heavy atom. The van der Waals surface area contributed by atoms with Gasteiger partial charge in [-0.2, -0.15) is 15.1 Å². The highest BCUT2D eigenvalue weighted by Gasteiger charge is 2.40. The molecule has 0 spiro atoms. The summed E-state index contributed by atoms with van der Waals surface area (Å²) in [5.74, 6) is 1.33. The van der Waals surface area contributed by atoms with Crippen molar-refractivity contribution >= 4 is 47.8 Å². The van der Waals surface area contributed by atoms with Crippen LogP contribution >= 0.6 is 0 Å². The van der Waals surface area contributed by atoms with Crippen LogP contribution in [0.2, 0.25) is 0 Å². The van der Waals surface area contributed by atoms with E-state index in [0.717, 1.165) is 27.9 Å². The number of aliphatic hydroxyl groups excluding tert-OH is 2. The molecule has 0 aliphatic carbocycles. The van der Waals surface area contributed by atoms with Crippen molar-refractivity contribution in [1.82, 2.24) is 50.0 Å². The summed E-state index contributed by atoms with van der Waals surface area (Å²) >= 11 is 0. The number of nitrogens with zero attached hydrogens (tertiary/aromatic N) is 10. The van der Waals surface area contributed by atoms with E-state index < -0.39 is 59.5 Å². The number of ether oxygens (including phenoxy) is 7. The summed E-state index contributed by atoms with van der Waals surface area (Å²) < 4.78 is 40.1. The van der Waals surface area contributed by atoms with Crippen LogP contribution in [-0.4, -0.2) is 219 Å². The van der Waals surface area contributed by atoms with Gasteiger partial charge >= 0.3 is 24.4 Å². The van der Waals surface area contributed by atoms with Crippen molar-refractivity contribution in [3.05, 3.63) is 112 Å². The van der Waals surface area contributed by atoms with Gasteiger partial charge in [0.1, 0.15) is 52.1 Å². The topological polar surface area (TPSA) is 315 Å². The molecule has 3 aromatic heterocycles. The Kier molecular flexibility index (Phi) is 23.1. The number of aromatic hydroxyl groups is 1. The molecule has 93 heavy (non-hydrogen) atoms. The summed E-state index contributed by atoms with van der Waals surface area (Å²) in [4.78, 5) is 96.3. The molecule has 2 fully saturated rings. The zero-order valence-electron chi connectivity index (χ0n) is 54.9. The highest BCUT2D eigenvalue weighted by Crippen LogP contribution is 2.33. The van der Waals surface area contributed by atoms with Gasteiger partial charge in [-0.3, -0.25) is 24.1 Å². The number of rotatable bonds is 17.